The lowest BCUT2D eigenvalue weighted by Crippen LogP contribution is -2.17. The van der Waals surface area contributed by atoms with Gasteiger partial charge < -0.3 is 10.1 Å². The number of methoxy groups -OCH3 is 1. The standard InChI is InChI=1S/C11H20N2O3S2/c1-3-6-18(14,15)9-11-13-8-10(17-11)7-12-4-5-16-2/h8,12H,3-7,9H2,1-2H3. The van der Waals surface area contributed by atoms with E-state index in [0.717, 1.165) is 11.4 Å². The van der Waals surface area contributed by atoms with Gasteiger partial charge in [-0.15, -0.1) is 11.3 Å². The van der Waals surface area contributed by atoms with Crippen molar-refractivity contribution in [2.24, 2.45) is 0 Å². The summed E-state index contributed by atoms with van der Waals surface area (Å²) in [6, 6.07) is 0. The van der Waals surface area contributed by atoms with Gasteiger partial charge in [0.05, 0.1) is 12.4 Å². The van der Waals surface area contributed by atoms with E-state index in [-0.39, 0.29) is 11.5 Å². The molecule has 0 saturated heterocycles. The second-order valence-corrected chi connectivity index (χ2v) is 7.37. The molecule has 104 valence electrons. The van der Waals surface area contributed by atoms with E-state index in [4.69, 9.17) is 4.74 Å². The normalized spacial score (nSPS) is 11.9. The van der Waals surface area contributed by atoms with Crippen molar-refractivity contribution < 1.29 is 13.2 Å². The topological polar surface area (TPSA) is 68.3 Å². The van der Waals surface area contributed by atoms with Gasteiger partial charge in [0.1, 0.15) is 10.8 Å². The summed E-state index contributed by atoms with van der Waals surface area (Å²) in [4.78, 5) is 5.20. The summed E-state index contributed by atoms with van der Waals surface area (Å²) in [5.41, 5.74) is 0. The molecule has 0 spiro atoms. The fourth-order valence-corrected chi connectivity index (χ4v) is 4.13. The zero-order valence-electron chi connectivity index (χ0n) is 10.8. The zero-order valence-corrected chi connectivity index (χ0v) is 12.4. The predicted molar refractivity (Wildman–Crippen MR) is 73.5 cm³/mol. The third kappa shape index (κ3) is 5.90. The summed E-state index contributed by atoms with van der Waals surface area (Å²) in [6.45, 7) is 4.01. The number of hydrogen-bond donors (Lipinski definition) is 1. The van der Waals surface area contributed by atoms with E-state index >= 15 is 0 Å². The van der Waals surface area contributed by atoms with Gasteiger partial charge in [0, 0.05) is 31.3 Å². The SMILES string of the molecule is CCCS(=O)(=O)Cc1ncc(CNCCOC)s1. The van der Waals surface area contributed by atoms with Crippen molar-refractivity contribution >= 4 is 21.2 Å². The molecule has 0 bridgehead atoms. The number of hydrogen-bond acceptors (Lipinski definition) is 6. The minimum atomic E-state index is -2.99. The van der Waals surface area contributed by atoms with E-state index in [1.807, 2.05) is 6.92 Å². The Labute approximate surface area is 112 Å². The predicted octanol–water partition coefficient (Wildman–Crippen LogP) is 1.20. The summed E-state index contributed by atoms with van der Waals surface area (Å²) in [5.74, 6) is 0.289. The first kappa shape index (κ1) is 15.6. The van der Waals surface area contributed by atoms with Crippen molar-refractivity contribution in [2.75, 3.05) is 26.0 Å². The fraction of sp³-hybridized carbons (Fsp3) is 0.727. The quantitative estimate of drug-likeness (QED) is 0.693. The van der Waals surface area contributed by atoms with Crippen molar-refractivity contribution in [3.8, 4) is 0 Å². The first-order chi connectivity index (χ1) is 8.57. The van der Waals surface area contributed by atoms with Crippen LogP contribution in [0.5, 0.6) is 0 Å². The largest absolute Gasteiger partial charge is 0.383 e. The monoisotopic (exact) mass is 292 g/mol. The van der Waals surface area contributed by atoms with Crippen LogP contribution >= 0.6 is 11.3 Å². The molecule has 0 saturated carbocycles. The van der Waals surface area contributed by atoms with Crippen molar-refractivity contribution in [1.82, 2.24) is 10.3 Å². The van der Waals surface area contributed by atoms with Gasteiger partial charge in [-0.2, -0.15) is 0 Å². The van der Waals surface area contributed by atoms with Gasteiger partial charge in [0.25, 0.3) is 0 Å². The van der Waals surface area contributed by atoms with Crippen LogP contribution in [-0.4, -0.2) is 39.4 Å². The number of thiazole rings is 1. The lowest BCUT2D eigenvalue weighted by atomic mass is 10.5. The van der Waals surface area contributed by atoms with Crippen molar-refractivity contribution in [1.29, 1.82) is 0 Å². The Kier molecular flexibility index (Phi) is 6.77. The molecule has 7 heteroatoms. The third-order valence-electron chi connectivity index (χ3n) is 2.24. The van der Waals surface area contributed by atoms with Crippen LogP contribution in [0.25, 0.3) is 0 Å². The third-order valence-corrected chi connectivity index (χ3v) is 5.17. The molecule has 1 aromatic heterocycles. The molecule has 0 aromatic carbocycles. The lowest BCUT2D eigenvalue weighted by molar-refractivity contribution is 0.199. The van der Waals surface area contributed by atoms with Crippen molar-refractivity contribution in [3.63, 3.8) is 0 Å². The van der Waals surface area contributed by atoms with Crippen LogP contribution in [0.1, 0.15) is 23.2 Å². The Morgan fingerprint density at radius 1 is 1.50 bits per heavy atom. The maximum Gasteiger partial charge on any atom is 0.156 e. The second kappa shape index (κ2) is 7.83. The fourth-order valence-electron chi connectivity index (χ4n) is 1.45. The second-order valence-electron chi connectivity index (χ2n) is 3.98. The maximum absolute atomic E-state index is 11.6. The number of aromatic nitrogens is 1. The van der Waals surface area contributed by atoms with E-state index < -0.39 is 9.84 Å². The molecule has 1 N–H and O–H groups in total. The average Bonchev–Trinajstić information content (AvgIpc) is 2.71. The molecule has 0 aliphatic carbocycles. The highest BCUT2D eigenvalue weighted by Crippen LogP contribution is 2.16. The van der Waals surface area contributed by atoms with Gasteiger partial charge in [0.2, 0.25) is 0 Å². The number of ether oxygens (including phenoxy) is 1. The summed E-state index contributed by atoms with van der Waals surface area (Å²) >= 11 is 1.45. The molecular formula is C11H20N2O3S2. The minimum Gasteiger partial charge on any atom is -0.383 e. The van der Waals surface area contributed by atoms with Gasteiger partial charge in [-0.3, -0.25) is 0 Å². The lowest BCUT2D eigenvalue weighted by Gasteiger charge is -2.00. The van der Waals surface area contributed by atoms with Gasteiger partial charge in [-0.1, -0.05) is 6.92 Å². The summed E-state index contributed by atoms with van der Waals surface area (Å²) in [6.07, 6.45) is 2.39. The zero-order chi connectivity index (χ0) is 13.4. The molecule has 1 rings (SSSR count). The van der Waals surface area contributed by atoms with Gasteiger partial charge in [-0.05, 0) is 6.42 Å². The molecule has 0 unspecified atom stereocenters. The highest BCUT2D eigenvalue weighted by molar-refractivity contribution is 7.90. The Morgan fingerprint density at radius 2 is 2.28 bits per heavy atom. The van der Waals surface area contributed by atoms with Gasteiger partial charge in [0.15, 0.2) is 9.84 Å². The first-order valence-electron chi connectivity index (χ1n) is 5.91. The van der Waals surface area contributed by atoms with Gasteiger partial charge in [-0.25, -0.2) is 13.4 Å². The van der Waals surface area contributed by atoms with Crippen molar-refractivity contribution in [3.05, 3.63) is 16.1 Å². The van der Waals surface area contributed by atoms with Crippen molar-refractivity contribution in [2.45, 2.75) is 25.6 Å². The molecule has 18 heavy (non-hydrogen) atoms. The van der Waals surface area contributed by atoms with Crippen LogP contribution in [-0.2, 0) is 26.9 Å². The van der Waals surface area contributed by atoms with E-state index in [1.54, 1.807) is 13.3 Å². The van der Waals surface area contributed by atoms with Crippen LogP contribution in [0.4, 0.5) is 0 Å². The van der Waals surface area contributed by atoms with E-state index in [9.17, 15) is 8.42 Å². The summed E-state index contributed by atoms with van der Waals surface area (Å²) < 4.78 is 28.2. The van der Waals surface area contributed by atoms with E-state index in [0.29, 0.717) is 24.6 Å². The number of rotatable bonds is 9. The Hall–Kier alpha value is -0.500. The Morgan fingerprint density at radius 3 is 2.94 bits per heavy atom. The molecule has 0 radical (unpaired) electrons. The van der Waals surface area contributed by atoms with Crippen LogP contribution in [0.3, 0.4) is 0 Å². The summed E-state index contributed by atoms with van der Waals surface area (Å²) in [7, 11) is -1.34. The smallest absolute Gasteiger partial charge is 0.156 e. The molecule has 5 nitrogen and oxygen atoms in total. The molecule has 0 fully saturated rings. The molecule has 1 heterocycles. The average molecular weight is 292 g/mol. The van der Waals surface area contributed by atoms with Crippen LogP contribution < -0.4 is 5.32 Å². The number of sulfone groups is 1. The molecule has 0 atom stereocenters. The molecule has 0 amide bonds. The first-order valence-corrected chi connectivity index (χ1v) is 8.55. The Bertz CT molecular complexity index is 443. The minimum absolute atomic E-state index is 0.0591. The molecule has 0 aliphatic rings. The van der Waals surface area contributed by atoms with Crippen LogP contribution in [0.2, 0.25) is 0 Å². The number of nitrogens with one attached hydrogen (secondary N) is 1. The molecule has 1 aromatic rings. The highest BCUT2D eigenvalue weighted by atomic mass is 32.2. The molecule has 0 aliphatic heterocycles. The van der Waals surface area contributed by atoms with Crippen LogP contribution in [0.15, 0.2) is 6.20 Å². The summed E-state index contributed by atoms with van der Waals surface area (Å²) in [5, 5.41) is 3.87. The van der Waals surface area contributed by atoms with E-state index in [2.05, 4.69) is 10.3 Å². The Balaban J connectivity index is 2.43. The van der Waals surface area contributed by atoms with E-state index in [1.165, 1.54) is 11.3 Å². The maximum atomic E-state index is 11.6. The highest BCUT2D eigenvalue weighted by Gasteiger charge is 2.13. The van der Waals surface area contributed by atoms with Crippen LogP contribution in [0, 0.1) is 0 Å². The van der Waals surface area contributed by atoms with Gasteiger partial charge >= 0.3 is 0 Å². The molecular weight excluding hydrogens is 272 g/mol. The number of nitrogens with zero attached hydrogens (tertiary/aromatic N) is 1.